The molecule has 0 unspecified atom stereocenters. The molecule has 8 atom stereocenters. The van der Waals surface area contributed by atoms with E-state index in [2.05, 4.69) is 10.2 Å². The molecule has 2 aromatic heterocycles. The number of amides is 4. The maximum absolute atomic E-state index is 15.1. The Labute approximate surface area is 507 Å². The molecule has 1 aliphatic heterocycles. The Balaban J connectivity index is 1.59. The summed E-state index contributed by atoms with van der Waals surface area (Å²) in [5.74, 6) is -7.59. The van der Waals surface area contributed by atoms with Crippen LogP contribution in [-0.4, -0.2) is 163 Å². The van der Waals surface area contributed by atoms with Crippen molar-refractivity contribution in [3.05, 3.63) is 93.6 Å². The van der Waals surface area contributed by atoms with Gasteiger partial charge in [0.25, 0.3) is 23.6 Å². The highest BCUT2D eigenvalue weighted by Crippen LogP contribution is 2.26. The molecule has 0 radical (unpaired) electrons. The minimum absolute atomic E-state index is 0.0690. The van der Waals surface area contributed by atoms with E-state index in [1.807, 2.05) is 107 Å². The van der Waals surface area contributed by atoms with Crippen molar-refractivity contribution in [3.8, 4) is 0 Å². The molecular weight excluding hydrogens is 1100 g/mol. The summed E-state index contributed by atoms with van der Waals surface area (Å²) in [6.07, 6.45) is -6.15. The highest BCUT2D eigenvalue weighted by atomic mass is 16.6. The summed E-state index contributed by atoms with van der Waals surface area (Å²) in [5, 5.41) is 9.10. The number of likely N-dealkylation sites (N-methyl/N-ethyl adjacent to an activating group) is 4. The number of benzene rings is 2. The van der Waals surface area contributed by atoms with Crippen molar-refractivity contribution in [1.29, 1.82) is 0 Å². The van der Waals surface area contributed by atoms with E-state index in [0.717, 1.165) is 42.1 Å². The molecule has 3 heterocycles. The molecule has 1 aliphatic rings. The zero-order valence-electron chi connectivity index (χ0n) is 53.8. The highest BCUT2D eigenvalue weighted by Gasteiger charge is 2.43. The van der Waals surface area contributed by atoms with Gasteiger partial charge in [-0.05, 0) is 113 Å². The van der Waals surface area contributed by atoms with Crippen molar-refractivity contribution in [2.75, 3.05) is 39.7 Å². The Morgan fingerprint density at radius 1 is 0.407 bits per heavy atom. The first-order valence-electron chi connectivity index (χ1n) is 29.8. The molecule has 22 nitrogen and oxygen atoms in total. The molecule has 0 aliphatic carbocycles. The Hall–Kier alpha value is -7.78. The van der Waals surface area contributed by atoms with Gasteiger partial charge in [0.05, 0.1) is 47.2 Å². The van der Waals surface area contributed by atoms with Crippen LogP contribution in [0.5, 0.6) is 0 Å². The van der Waals surface area contributed by atoms with E-state index in [0.29, 0.717) is 47.0 Å². The van der Waals surface area contributed by atoms with Crippen LogP contribution in [0.25, 0.3) is 0 Å². The fourth-order valence-electron chi connectivity index (χ4n) is 10.5. The predicted octanol–water partition coefficient (Wildman–Crippen LogP) is 6.55. The summed E-state index contributed by atoms with van der Waals surface area (Å²) in [7, 11) is 5.55. The molecule has 4 N–H and O–H groups in total. The van der Waals surface area contributed by atoms with Crippen molar-refractivity contribution in [2.45, 2.75) is 197 Å². The van der Waals surface area contributed by atoms with Gasteiger partial charge in [-0.3, -0.25) is 28.5 Å². The van der Waals surface area contributed by atoms with Crippen molar-refractivity contribution in [1.82, 2.24) is 39.2 Å². The highest BCUT2D eigenvalue weighted by molar-refractivity contribution is 5.94. The van der Waals surface area contributed by atoms with Crippen LogP contribution >= 0.6 is 0 Å². The number of carbonyl (C=O) groups is 8. The number of cyclic esters (lactones) is 4. The van der Waals surface area contributed by atoms with Gasteiger partial charge in [-0.25, -0.2) is 19.2 Å². The normalized spacial score (nSPS) is 22.5. The third-order valence-electron chi connectivity index (χ3n) is 15.9. The number of nitrogen functional groups attached to an aromatic ring is 2. The first-order valence-corrected chi connectivity index (χ1v) is 29.8. The van der Waals surface area contributed by atoms with Crippen LogP contribution in [-0.2, 0) is 83.2 Å². The van der Waals surface area contributed by atoms with Crippen LogP contribution in [0.3, 0.4) is 0 Å². The van der Waals surface area contributed by atoms with Crippen LogP contribution < -0.4 is 11.5 Å². The van der Waals surface area contributed by atoms with Crippen molar-refractivity contribution in [2.24, 2.45) is 23.7 Å². The average Bonchev–Trinajstić information content (AvgIpc) is 2.04. The van der Waals surface area contributed by atoms with Crippen LogP contribution in [0.2, 0.25) is 0 Å². The summed E-state index contributed by atoms with van der Waals surface area (Å²) in [6, 6.07) is 9.38. The number of rotatable bonds is 16. The minimum atomic E-state index is -1.56. The lowest BCUT2D eigenvalue weighted by Crippen LogP contribution is -2.55. The van der Waals surface area contributed by atoms with E-state index in [4.69, 9.17) is 30.4 Å². The topological polar surface area (TPSA) is 274 Å². The first kappa shape index (κ1) is 69.0. The average molecular weight is 1200 g/mol. The third kappa shape index (κ3) is 17.7. The fraction of sp³-hybridized carbons (Fsp3) is 0.594. The smallest absolute Gasteiger partial charge is 0.329 e. The van der Waals surface area contributed by atoms with Crippen LogP contribution in [0.4, 0.5) is 11.4 Å². The molecule has 1 fully saturated rings. The number of ether oxygens (including phenoxy) is 4. The van der Waals surface area contributed by atoms with Gasteiger partial charge in [0.15, 0.2) is 24.4 Å². The number of anilines is 2. The second kappa shape index (κ2) is 30.0. The lowest BCUT2D eigenvalue weighted by atomic mass is 9.99. The lowest BCUT2D eigenvalue weighted by molar-refractivity contribution is -0.176. The molecule has 0 spiro atoms. The number of aromatic nitrogens is 4. The van der Waals surface area contributed by atoms with Gasteiger partial charge < -0.3 is 50.0 Å². The molecule has 0 saturated carbocycles. The number of hydrogen-bond acceptors (Lipinski definition) is 16. The zero-order chi connectivity index (χ0) is 64.3. The van der Waals surface area contributed by atoms with Gasteiger partial charge in [-0.15, -0.1) is 0 Å². The molecule has 5 rings (SSSR count). The third-order valence-corrected chi connectivity index (χ3v) is 15.9. The Morgan fingerprint density at radius 3 is 0.895 bits per heavy atom. The molecule has 4 amide bonds. The summed E-state index contributed by atoms with van der Waals surface area (Å²) in [4.78, 5) is 123. The minimum Gasteiger partial charge on any atom is -0.451 e. The van der Waals surface area contributed by atoms with Crippen LogP contribution in [0.1, 0.15) is 140 Å². The maximum atomic E-state index is 15.1. The number of hydrogen-bond donors (Lipinski definition) is 2. The Morgan fingerprint density at radius 2 is 0.651 bits per heavy atom. The number of nitrogens with two attached hydrogens (primary N) is 2. The molecule has 22 heteroatoms. The van der Waals surface area contributed by atoms with Crippen LogP contribution in [0, 0.1) is 51.4 Å². The summed E-state index contributed by atoms with van der Waals surface area (Å²) >= 11 is 0. The van der Waals surface area contributed by atoms with Crippen LogP contribution in [0.15, 0.2) is 48.5 Å². The number of esters is 4. The first-order chi connectivity index (χ1) is 40.2. The van der Waals surface area contributed by atoms with E-state index in [9.17, 15) is 28.8 Å². The molecule has 0 bridgehead atoms. The van der Waals surface area contributed by atoms with Crippen molar-refractivity contribution >= 4 is 58.9 Å². The monoisotopic (exact) mass is 1190 g/mol. The van der Waals surface area contributed by atoms with E-state index in [-0.39, 0.29) is 62.2 Å². The Kier molecular flexibility index (Phi) is 24.1. The van der Waals surface area contributed by atoms with Crippen molar-refractivity contribution in [3.63, 3.8) is 0 Å². The van der Waals surface area contributed by atoms with E-state index in [1.165, 1.54) is 42.0 Å². The quantitative estimate of drug-likeness (QED) is 0.0889. The second-order valence-electron chi connectivity index (χ2n) is 24.9. The molecule has 472 valence electrons. The summed E-state index contributed by atoms with van der Waals surface area (Å²) < 4.78 is 27.9. The van der Waals surface area contributed by atoms with Gasteiger partial charge in [-0.2, -0.15) is 10.2 Å². The van der Waals surface area contributed by atoms with Gasteiger partial charge in [0.2, 0.25) is 0 Å². The fourth-order valence-corrected chi connectivity index (χ4v) is 10.5. The second-order valence-corrected chi connectivity index (χ2v) is 24.9. The van der Waals surface area contributed by atoms with E-state index in [1.54, 1.807) is 33.6 Å². The largest absolute Gasteiger partial charge is 0.451 e. The van der Waals surface area contributed by atoms with Gasteiger partial charge in [-0.1, -0.05) is 104 Å². The number of carbonyl (C=O) groups excluding carboxylic acids is 8. The molecule has 4 aromatic rings. The molecule has 1 saturated heterocycles. The van der Waals surface area contributed by atoms with E-state index < -0.39 is 96.1 Å². The molecule has 86 heavy (non-hydrogen) atoms. The van der Waals surface area contributed by atoms with Gasteiger partial charge in [0.1, 0.15) is 24.2 Å². The molecular formula is C64H94N10O12. The number of aryl methyl sites for hydroxylation is 2. The molecule has 2 aromatic carbocycles. The standard InChI is InChI=1S/C64H94N10O12/c1-35(2)27-49-61(79)83-43(13)57(75)69(15)52(30-38(7)8)64(82)86-54(32-46-21-25-48(26-22-46)34-74-42(12)56(66)40(10)68-74)60(78)72(18)50(28-36(3)4)62(80)84-44(14)58(76)70(16)51(29-37(5)6)63(81)85-53(59(77)71(49)17)31-45-19-23-47(24-20-45)33-73-41(11)55(65)39(9)67-73/h19-26,35-38,43-44,49-54H,27-34,65-66H2,1-18H3/t43-,44-,49+,50+,51+,52+,53-,54-/m1/s1. The van der Waals surface area contributed by atoms with E-state index >= 15 is 9.59 Å². The number of nitrogens with zero attached hydrogens (tertiary/aromatic N) is 8. The SMILES string of the molecule is Cc1nn(Cc2ccc(C[C@H]3OC(=O)[C@H](CC(C)C)N(C)C(=O)[C@@H](C)OC(=O)[C@H](CC(C)C)N(C)C(=O)[C@@H](Cc4ccc(Cn5nc(C)c(N)c5C)cc4)OC(=O)[C@H](CC(C)C)N(C)C(=O)[C@@H](C)OC(=O)[C@H](CC(C)C)N(C)C3=O)cc2)c(C)c1N. The summed E-state index contributed by atoms with van der Waals surface area (Å²) in [5.41, 5.74) is 19.6. The Bertz CT molecular complexity index is 2820. The lowest BCUT2D eigenvalue weighted by Gasteiger charge is -2.35. The van der Waals surface area contributed by atoms with Gasteiger partial charge >= 0.3 is 23.9 Å². The zero-order valence-corrected chi connectivity index (χ0v) is 53.8. The summed E-state index contributed by atoms with van der Waals surface area (Å²) in [6.45, 7) is 25.7. The van der Waals surface area contributed by atoms with Gasteiger partial charge in [0, 0.05) is 41.0 Å². The maximum Gasteiger partial charge on any atom is 0.329 e. The van der Waals surface area contributed by atoms with Crippen molar-refractivity contribution < 1.29 is 57.3 Å². The predicted molar refractivity (Wildman–Crippen MR) is 326 cm³/mol.